The molecular formula is C13H23ClN4O5. The molecule has 0 aromatic heterocycles. The number of rotatable bonds is 8. The molecule has 1 atom stereocenters. The van der Waals surface area contributed by atoms with Crippen LogP contribution in [0.1, 0.15) is 26.7 Å². The molecule has 0 rings (SSSR count). The summed E-state index contributed by atoms with van der Waals surface area (Å²) in [5.41, 5.74) is 7.33. The maximum atomic E-state index is 12.3. The molecule has 0 aromatic rings. The van der Waals surface area contributed by atoms with Gasteiger partial charge in [0, 0.05) is 13.5 Å². The van der Waals surface area contributed by atoms with Gasteiger partial charge in [0.05, 0.1) is 6.54 Å². The van der Waals surface area contributed by atoms with E-state index in [9.17, 15) is 19.2 Å². The van der Waals surface area contributed by atoms with Crippen LogP contribution in [-0.4, -0.2) is 64.3 Å². The molecule has 0 heterocycles. The molecule has 0 aromatic carbocycles. The number of nitrogens with zero attached hydrogens (tertiary/aromatic N) is 2. The van der Waals surface area contributed by atoms with Crippen molar-refractivity contribution in [3.63, 3.8) is 0 Å². The summed E-state index contributed by atoms with van der Waals surface area (Å²) in [4.78, 5) is 46.8. The van der Waals surface area contributed by atoms with E-state index in [4.69, 9.17) is 22.4 Å². The third-order valence-corrected chi connectivity index (χ3v) is 3.24. The second-order valence-electron chi connectivity index (χ2n) is 5.41. The highest BCUT2D eigenvalue weighted by molar-refractivity contribution is 6.27. The summed E-state index contributed by atoms with van der Waals surface area (Å²) in [6.45, 7) is 3.54. The summed E-state index contributed by atoms with van der Waals surface area (Å²) in [5, 5.41) is 9.94. The number of carbonyl (C=O) groups is 4. The van der Waals surface area contributed by atoms with E-state index in [-0.39, 0.29) is 25.3 Å². The quantitative estimate of drug-likeness (QED) is 0.418. The van der Waals surface area contributed by atoms with Gasteiger partial charge in [-0.1, -0.05) is 13.8 Å². The number of nitrogens with two attached hydrogens (primary N) is 1. The third kappa shape index (κ3) is 7.68. The molecule has 1 unspecified atom stereocenters. The number of primary amides is 1. The van der Waals surface area contributed by atoms with E-state index >= 15 is 0 Å². The van der Waals surface area contributed by atoms with E-state index in [1.165, 1.54) is 7.05 Å². The van der Waals surface area contributed by atoms with Gasteiger partial charge in [0.2, 0.25) is 5.91 Å². The molecule has 0 aliphatic carbocycles. The number of hydrazine groups is 1. The van der Waals surface area contributed by atoms with E-state index in [1.54, 1.807) is 0 Å². The lowest BCUT2D eigenvalue weighted by molar-refractivity contribution is -0.142. The molecule has 0 fully saturated rings. The van der Waals surface area contributed by atoms with Crippen molar-refractivity contribution in [1.82, 2.24) is 15.3 Å². The van der Waals surface area contributed by atoms with Gasteiger partial charge in [-0.25, -0.2) is 4.79 Å². The van der Waals surface area contributed by atoms with Crippen molar-refractivity contribution < 1.29 is 24.3 Å². The lowest BCUT2D eigenvalue weighted by Crippen LogP contribution is -2.55. The van der Waals surface area contributed by atoms with Gasteiger partial charge >= 0.3 is 6.09 Å². The Morgan fingerprint density at radius 1 is 1.26 bits per heavy atom. The zero-order valence-corrected chi connectivity index (χ0v) is 14.2. The number of amides is 4. The maximum Gasteiger partial charge on any atom is 0.407 e. The Bertz CT molecular complexity index is 458. The molecule has 0 saturated heterocycles. The second kappa shape index (κ2) is 9.88. The number of hydrogen-bond acceptors (Lipinski definition) is 4. The second-order valence-corrected chi connectivity index (χ2v) is 5.68. The van der Waals surface area contributed by atoms with Crippen molar-refractivity contribution in [2.45, 2.75) is 32.7 Å². The van der Waals surface area contributed by atoms with Crippen LogP contribution in [0.25, 0.3) is 0 Å². The average Bonchev–Trinajstić information content (AvgIpc) is 2.46. The van der Waals surface area contributed by atoms with Crippen molar-refractivity contribution in [2.24, 2.45) is 11.7 Å². The minimum absolute atomic E-state index is 0.0512. The Morgan fingerprint density at radius 3 is 2.22 bits per heavy atom. The highest BCUT2D eigenvalue weighted by Gasteiger charge is 2.29. The fraction of sp³-hybridized carbons (Fsp3) is 0.692. The van der Waals surface area contributed by atoms with Gasteiger partial charge in [-0.3, -0.25) is 29.7 Å². The Balaban J connectivity index is 5.10. The van der Waals surface area contributed by atoms with Crippen LogP contribution >= 0.6 is 11.6 Å². The van der Waals surface area contributed by atoms with Crippen molar-refractivity contribution in [3.8, 4) is 0 Å². The molecule has 0 radical (unpaired) electrons. The molecule has 9 nitrogen and oxygen atoms in total. The van der Waals surface area contributed by atoms with Crippen LogP contribution in [0.3, 0.4) is 0 Å². The van der Waals surface area contributed by atoms with E-state index in [1.807, 2.05) is 13.8 Å². The first kappa shape index (κ1) is 21.0. The Kier molecular flexibility index (Phi) is 9.01. The van der Waals surface area contributed by atoms with Gasteiger partial charge in [-0.15, -0.1) is 11.6 Å². The van der Waals surface area contributed by atoms with Crippen LogP contribution in [0.5, 0.6) is 0 Å². The smallest absolute Gasteiger partial charge is 0.407 e. The predicted octanol–water partition coefficient (Wildman–Crippen LogP) is -0.0151. The van der Waals surface area contributed by atoms with E-state index in [0.717, 1.165) is 9.91 Å². The van der Waals surface area contributed by atoms with E-state index < -0.39 is 35.7 Å². The van der Waals surface area contributed by atoms with Crippen LogP contribution in [-0.2, 0) is 14.4 Å². The number of carbonyl (C=O) groups excluding carboxylic acids is 3. The number of halogens is 1. The van der Waals surface area contributed by atoms with Crippen LogP contribution in [0, 0.1) is 5.92 Å². The largest absolute Gasteiger partial charge is 0.465 e. The molecule has 0 saturated carbocycles. The standard InChI is InChI=1S/C13H23ClN4O5/c1-8(2)6-9(17(3)13(22)23)12(21)16-18(11(20)7-14)5-4-10(15)19/h8-9H,4-7H2,1-3H3,(H2,15,19)(H,16,21)(H,22,23). The summed E-state index contributed by atoms with van der Waals surface area (Å²) in [7, 11) is 1.27. The lowest BCUT2D eigenvalue weighted by atomic mass is 10.0. The number of alkyl halides is 1. The fourth-order valence-corrected chi connectivity index (χ4v) is 1.91. The summed E-state index contributed by atoms with van der Waals surface area (Å²) in [6, 6.07) is -0.980. The fourth-order valence-electron chi connectivity index (χ4n) is 1.77. The molecule has 132 valence electrons. The molecule has 4 amide bonds. The maximum absolute atomic E-state index is 12.3. The number of carboxylic acid groups (broad SMARTS) is 1. The molecule has 0 aliphatic heterocycles. The van der Waals surface area contributed by atoms with Gasteiger partial charge in [0.15, 0.2) is 0 Å². The van der Waals surface area contributed by atoms with Crippen LogP contribution < -0.4 is 11.2 Å². The topological polar surface area (TPSA) is 133 Å². The molecule has 4 N–H and O–H groups in total. The number of likely N-dealkylation sites (N-methyl/N-ethyl adjacent to an activating group) is 1. The first-order valence-corrected chi connectivity index (χ1v) is 7.54. The van der Waals surface area contributed by atoms with Crippen molar-refractivity contribution in [3.05, 3.63) is 0 Å². The monoisotopic (exact) mass is 350 g/mol. The summed E-state index contributed by atoms with van der Waals surface area (Å²) < 4.78 is 0. The normalized spacial score (nSPS) is 11.7. The molecule has 23 heavy (non-hydrogen) atoms. The summed E-state index contributed by atoms with van der Waals surface area (Å²) >= 11 is 5.46. The lowest BCUT2D eigenvalue weighted by Gasteiger charge is -2.29. The molecule has 0 spiro atoms. The van der Waals surface area contributed by atoms with Gasteiger partial charge in [0.1, 0.15) is 11.9 Å². The highest BCUT2D eigenvalue weighted by atomic mass is 35.5. The van der Waals surface area contributed by atoms with Crippen LogP contribution in [0.15, 0.2) is 0 Å². The first-order valence-electron chi connectivity index (χ1n) is 7.01. The van der Waals surface area contributed by atoms with Gasteiger partial charge in [0.25, 0.3) is 11.8 Å². The van der Waals surface area contributed by atoms with E-state index in [0.29, 0.717) is 0 Å². The minimum Gasteiger partial charge on any atom is -0.465 e. The summed E-state index contributed by atoms with van der Waals surface area (Å²) in [5.74, 6) is -2.29. The van der Waals surface area contributed by atoms with Crippen molar-refractivity contribution in [1.29, 1.82) is 0 Å². The number of nitrogens with one attached hydrogen (secondary N) is 1. The molecule has 0 aliphatic rings. The van der Waals surface area contributed by atoms with E-state index in [2.05, 4.69) is 5.43 Å². The van der Waals surface area contributed by atoms with Crippen molar-refractivity contribution in [2.75, 3.05) is 19.5 Å². The first-order chi connectivity index (χ1) is 10.6. The zero-order valence-electron chi connectivity index (χ0n) is 13.4. The summed E-state index contributed by atoms with van der Waals surface area (Å²) in [6.07, 6.45) is -1.15. The molecular weight excluding hydrogens is 328 g/mol. The van der Waals surface area contributed by atoms with Crippen LogP contribution in [0.2, 0.25) is 0 Å². The average molecular weight is 351 g/mol. The van der Waals surface area contributed by atoms with Gasteiger partial charge < -0.3 is 10.8 Å². The minimum atomic E-state index is -1.27. The van der Waals surface area contributed by atoms with Gasteiger partial charge in [-0.2, -0.15) is 0 Å². The SMILES string of the molecule is CC(C)CC(C(=O)NN(CCC(N)=O)C(=O)CCl)N(C)C(=O)O. The Labute approximate surface area is 139 Å². The Hall–Kier alpha value is -2.03. The highest BCUT2D eigenvalue weighted by Crippen LogP contribution is 2.11. The van der Waals surface area contributed by atoms with Gasteiger partial charge in [-0.05, 0) is 12.3 Å². The number of hydrogen-bond donors (Lipinski definition) is 3. The molecule has 10 heteroatoms. The predicted molar refractivity (Wildman–Crippen MR) is 83.4 cm³/mol. The third-order valence-electron chi connectivity index (χ3n) is 3.01. The Morgan fingerprint density at radius 2 is 1.83 bits per heavy atom. The molecule has 0 bridgehead atoms. The van der Waals surface area contributed by atoms with Crippen LogP contribution in [0.4, 0.5) is 4.79 Å². The zero-order chi connectivity index (χ0) is 18.2. The van der Waals surface area contributed by atoms with Crippen molar-refractivity contribution >= 4 is 35.4 Å².